The summed E-state index contributed by atoms with van der Waals surface area (Å²) in [5.74, 6) is -0.548. The maximum Gasteiger partial charge on any atom is 0.261 e. The molecule has 1 aromatic carbocycles. The fourth-order valence-electron chi connectivity index (χ4n) is 4.74. The molecule has 152 valence electrons. The molecule has 2 fully saturated rings. The van der Waals surface area contributed by atoms with E-state index in [1.54, 1.807) is 18.2 Å². The predicted molar refractivity (Wildman–Crippen MR) is 109 cm³/mol. The van der Waals surface area contributed by atoms with Gasteiger partial charge in [0.1, 0.15) is 0 Å². The van der Waals surface area contributed by atoms with Crippen LogP contribution in [0.1, 0.15) is 82.4 Å². The first-order valence-electron chi connectivity index (χ1n) is 10.1. The van der Waals surface area contributed by atoms with Crippen molar-refractivity contribution in [1.82, 2.24) is 9.80 Å². The Balaban J connectivity index is 0.00000225. The fraction of sp³-hybridized carbons (Fsp3) is 0.571. The van der Waals surface area contributed by atoms with Crippen molar-refractivity contribution >= 4 is 30.1 Å². The Labute approximate surface area is 171 Å². The molecule has 1 saturated heterocycles. The molecule has 6 nitrogen and oxygen atoms in total. The third kappa shape index (κ3) is 3.55. The molecule has 2 heterocycles. The van der Waals surface area contributed by atoms with Crippen LogP contribution in [-0.4, -0.2) is 52.7 Å². The van der Waals surface area contributed by atoms with Crippen LogP contribution < -0.4 is 5.73 Å². The molecule has 0 radical (unpaired) electrons. The third-order valence-corrected chi connectivity index (χ3v) is 6.26. The summed E-state index contributed by atoms with van der Waals surface area (Å²) < 4.78 is 0. The van der Waals surface area contributed by atoms with Gasteiger partial charge in [-0.15, -0.1) is 12.4 Å². The van der Waals surface area contributed by atoms with Gasteiger partial charge in [-0.3, -0.25) is 19.3 Å². The van der Waals surface area contributed by atoms with E-state index in [2.05, 4.69) is 0 Å². The maximum absolute atomic E-state index is 13.0. The number of carbonyl (C=O) groups is 3. The number of nitrogens with zero attached hydrogens (tertiary/aromatic N) is 2. The quantitative estimate of drug-likeness (QED) is 0.783. The Bertz CT molecular complexity index is 776. The largest absolute Gasteiger partial charge is 0.334 e. The topological polar surface area (TPSA) is 83.7 Å². The van der Waals surface area contributed by atoms with Gasteiger partial charge in [0.15, 0.2) is 0 Å². The number of amides is 3. The van der Waals surface area contributed by atoms with Crippen molar-refractivity contribution in [2.45, 2.75) is 63.5 Å². The zero-order valence-electron chi connectivity index (χ0n) is 16.1. The molecule has 3 amide bonds. The number of rotatable bonds is 3. The standard InChI is InChI=1S/C21H27N3O3.ClH/c22-13-16-8-4-5-11-23(16)19(25)14-9-10-17-18(12-14)21(27)24(20(17)26)15-6-2-1-3-7-15;/h9-10,12,15-16H,1-8,11,13,22H2;1H. The smallest absolute Gasteiger partial charge is 0.261 e. The first-order chi connectivity index (χ1) is 13.1. The lowest BCUT2D eigenvalue weighted by molar-refractivity contribution is 0.0548. The summed E-state index contributed by atoms with van der Waals surface area (Å²) in [6, 6.07) is 4.99. The second-order valence-corrected chi connectivity index (χ2v) is 7.92. The van der Waals surface area contributed by atoms with Gasteiger partial charge >= 0.3 is 0 Å². The molecule has 0 bridgehead atoms. The van der Waals surface area contributed by atoms with Crippen LogP contribution in [0.25, 0.3) is 0 Å². The van der Waals surface area contributed by atoms with Gasteiger partial charge in [-0.2, -0.15) is 0 Å². The van der Waals surface area contributed by atoms with Crippen molar-refractivity contribution in [1.29, 1.82) is 0 Å². The Kier molecular flexibility index (Phi) is 6.40. The van der Waals surface area contributed by atoms with E-state index in [4.69, 9.17) is 5.73 Å². The lowest BCUT2D eigenvalue weighted by Gasteiger charge is -2.35. The van der Waals surface area contributed by atoms with Crippen molar-refractivity contribution in [3.8, 4) is 0 Å². The van der Waals surface area contributed by atoms with E-state index < -0.39 is 0 Å². The van der Waals surface area contributed by atoms with Gasteiger partial charge in [-0.05, 0) is 50.3 Å². The first-order valence-corrected chi connectivity index (χ1v) is 10.1. The van der Waals surface area contributed by atoms with Crippen LogP contribution >= 0.6 is 12.4 Å². The lowest BCUT2D eigenvalue weighted by atomic mass is 9.94. The second kappa shape index (κ2) is 8.62. The monoisotopic (exact) mass is 405 g/mol. The zero-order chi connectivity index (χ0) is 19.0. The van der Waals surface area contributed by atoms with Crippen LogP contribution in [-0.2, 0) is 0 Å². The fourth-order valence-corrected chi connectivity index (χ4v) is 4.74. The van der Waals surface area contributed by atoms with E-state index in [9.17, 15) is 14.4 Å². The van der Waals surface area contributed by atoms with Gasteiger partial charge < -0.3 is 10.6 Å². The number of piperidine rings is 1. The molecule has 1 atom stereocenters. The van der Waals surface area contributed by atoms with Gasteiger partial charge in [0.2, 0.25) is 0 Å². The van der Waals surface area contributed by atoms with Crippen molar-refractivity contribution in [3.63, 3.8) is 0 Å². The lowest BCUT2D eigenvalue weighted by Crippen LogP contribution is -2.47. The van der Waals surface area contributed by atoms with Crippen molar-refractivity contribution in [2.24, 2.45) is 5.73 Å². The van der Waals surface area contributed by atoms with Crippen molar-refractivity contribution < 1.29 is 14.4 Å². The van der Waals surface area contributed by atoms with E-state index in [1.165, 1.54) is 4.90 Å². The van der Waals surface area contributed by atoms with Crippen LogP contribution in [0.5, 0.6) is 0 Å². The average Bonchev–Trinajstić information content (AvgIpc) is 2.98. The highest BCUT2D eigenvalue weighted by Crippen LogP contribution is 2.32. The molecule has 2 aliphatic heterocycles. The molecule has 4 rings (SSSR count). The Morgan fingerprint density at radius 1 is 0.964 bits per heavy atom. The maximum atomic E-state index is 13.0. The molecular formula is C21H28ClN3O3. The van der Waals surface area contributed by atoms with Crippen LogP contribution in [0.2, 0.25) is 0 Å². The summed E-state index contributed by atoms with van der Waals surface area (Å²) in [4.78, 5) is 42.0. The SMILES string of the molecule is Cl.NCC1CCCCN1C(=O)c1ccc2c(c1)C(=O)N(C1CCCCC1)C2=O. The summed E-state index contributed by atoms with van der Waals surface area (Å²) in [5, 5.41) is 0. The molecule has 0 aromatic heterocycles. The highest BCUT2D eigenvalue weighted by molar-refractivity contribution is 6.22. The summed E-state index contributed by atoms with van der Waals surface area (Å²) in [6.45, 7) is 1.14. The number of hydrogen-bond acceptors (Lipinski definition) is 4. The molecule has 0 spiro atoms. The van der Waals surface area contributed by atoms with Crippen molar-refractivity contribution in [3.05, 3.63) is 34.9 Å². The third-order valence-electron chi connectivity index (χ3n) is 6.26. The Hall–Kier alpha value is -1.92. The Morgan fingerprint density at radius 3 is 2.36 bits per heavy atom. The number of benzene rings is 1. The molecule has 3 aliphatic rings. The van der Waals surface area contributed by atoms with Gasteiger partial charge in [0, 0.05) is 30.7 Å². The summed E-state index contributed by atoms with van der Waals surface area (Å²) in [6.07, 6.45) is 8.00. The van der Waals surface area contributed by atoms with Crippen LogP contribution in [0.3, 0.4) is 0 Å². The number of fused-ring (bicyclic) bond motifs is 1. The normalized spacial score (nSPS) is 22.8. The average molecular weight is 406 g/mol. The van der Waals surface area contributed by atoms with Gasteiger partial charge in [0.25, 0.3) is 17.7 Å². The highest BCUT2D eigenvalue weighted by Gasteiger charge is 2.40. The van der Waals surface area contributed by atoms with Gasteiger partial charge in [0.05, 0.1) is 11.1 Å². The van der Waals surface area contributed by atoms with Crippen molar-refractivity contribution in [2.75, 3.05) is 13.1 Å². The predicted octanol–water partition coefficient (Wildman–Crippen LogP) is 2.99. The second-order valence-electron chi connectivity index (χ2n) is 7.92. The molecule has 28 heavy (non-hydrogen) atoms. The summed E-state index contributed by atoms with van der Waals surface area (Å²) in [5.41, 5.74) is 7.11. The Morgan fingerprint density at radius 2 is 1.64 bits per heavy atom. The minimum atomic E-state index is -0.245. The molecule has 1 aliphatic carbocycles. The molecule has 1 saturated carbocycles. The number of imide groups is 1. The van der Waals surface area contributed by atoms with E-state index in [-0.39, 0.29) is 42.2 Å². The van der Waals surface area contributed by atoms with E-state index in [0.29, 0.717) is 29.8 Å². The van der Waals surface area contributed by atoms with Gasteiger partial charge in [-0.25, -0.2) is 0 Å². The highest BCUT2D eigenvalue weighted by atomic mass is 35.5. The van der Waals surface area contributed by atoms with Crippen LogP contribution in [0.4, 0.5) is 0 Å². The molecule has 7 heteroatoms. The van der Waals surface area contributed by atoms with Crippen LogP contribution in [0.15, 0.2) is 18.2 Å². The number of nitrogens with two attached hydrogens (primary N) is 1. The molecule has 2 N–H and O–H groups in total. The number of halogens is 1. The number of likely N-dealkylation sites (tertiary alicyclic amines) is 1. The molecule has 1 aromatic rings. The molecular weight excluding hydrogens is 378 g/mol. The zero-order valence-corrected chi connectivity index (χ0v) is 16.9. The molecule has 1 unspecified atom stereocenters. The first kappa shape index (κ1) is 20.8. The van der Waals surface area contributed by atoms with E-state index in [0.717, 1.165) is 51.4 Å². The minimum absolute atomic E-state index is 0. The minimum Gasteiger partial charge on any atom is -0.334 e. The van der Waals surface area contributed by atoms with Gasteiger partial charge in [-0.1, -0.05) is 19.3 Å². The van der Waals surface area contributed by atoms with E-state index >= 15 is 0 Å². The number of carbonyl (C=O) groups excluding carboxylic acids is 3. The van der Waals surface area contributed by atoms with E-state index in [1.807, 2.05) is 4.90 Å². The number of hydrogen-bond donors (Lipinski definition) is 1. The van der Waals surface area contributed by atoms with Crippen LogP contribution in [0, 0.1) is 0 Å². The summed E-state index contributed by atoms with van der Waals surface area (Å²) in [7, 11) is 0. The summed E-state index contributed by atoms with van der Waals surface area (Å²) >= 11 is 0.